The molecule has 2 aliphatic rings. The van der Waals surface area contributed by atoms with Gasteiger partial charge in [0.05, 0.1) is 18.2 Å². The van der Waals surface area contributed by atoms with Crippen LogP contribution < -0.4 is 10.9 Å². The summed E-state index contributed by atoms with van der Waals surface area (Å²) in [6.07, 6.45) is 12.3. The Balaban J connectivity index is 0.000000591. The minimum absolute atomic E-state index is 0.0897. The van der Waals surface area contributed by atoms with Gasteiger partial charge in [0.1, 0.15) is 5.84 Å². The second-order valence-corrected chi connectivity index (χ2v) is 9.76. The van der Waals surface area contributed by atoms with Crippen LogP contribution in [0.25, 0.3) is 5.70 Å². The maximum absolute atomic E-state index is 12.0. The summed E-state index contributed by atoms with van der Waals surface area (Å²) in [7, 11) is 1.80. The molecule has 0 aromatic carbocycles. The summed E-state index contributed by atoms with van der Waals surface area (Å²) in [5.74, 6) is 0.912. The van der Waals surface area contributed by atoms with Crippen LogP contribution in [0, 0.1) is 0 Å². The summed E-state index contributed by atoms with van der Waals surface area (Å²) in [4.78, 5) is 34.1. The van der Waals surface area contributed by atoms with Crippen molar-refractivity contribution in [3.05, 3.63) is 34.2 Å². The number of ether oxygens (including phenoxy) is 1. The first-order chi connectivity index (χ1) is 17.9. The third-order valence-corrected chi connectivity index (χ3v) is 7.00. The lowest BCUT2D eigenvalue weighted by molar-refractivity contribution is -0.119. The van der Waals surface area contributed by atoms with E-state index in [2.05, 4.69) is 35.7 Å². The third-order valence-electron chi connectivity index (χ3n) is 7.00. The smallest absolute Gasteiger partial charge is 0.337 e. The molecule has 1 aliphatic carbocycles. The van der Waals surface area contributed by atoms with Crippen molar-refractivity contribution in [1.82, 2.24) is 10.2 Å². The standard InChI is InChI=1S/C23H34N4O3.C6H12O/c1-6-9-10-11-18-13-21(29)30-23-22(18)17(5)25-20(26-23)14-24-19(7-2)12-16(4)27(8-3)15-28;1-7-6-4-2-3-5-6/h13,15-16H,5-12,14H2,1-4H3,(H,25,26);6H,2-5H2,1H3. The Bertz CT molecular complexity index is 992. The number of aryl methyl sites for hydroxylation is 1. The lowest BCUT2D eigenvalue weighted by Crippen LogP contribution is -2.33. The highest BCUT2D eigenvalue weighted by atomic mass is 16.5. The van der Waals surface area contributed by atoms with E-state index in [1.165, 1.54) is 25.7 Å². The summed E-state index contributed by atoms with van der Waals surface area (Å²) >= 11 is 0. The summed E-state index contributed by atoms with van der Waals surface area (Å²) in [6.45, 7) is 13.3. The zero-order chi connectivity index (χ0) is 27.2. The largest absolute Gasteiger partial charge is 0.403 e. The van der Waals surface area contributed by atoms with E-state index in [-0.39, 0.29) is 6.04 Å². The molecule has 0 radical (unpaired) electrons. The molecule has 3 rings (SSSR count). The van der Waals surface area contributed by atoms with E-state index in [4.69, 9.17) is 9.15 Å². The van der Waals surface area contributed by atoms with E-state index in [1.807, 2.05) is 13.8 Å². The van der Waals surface area contributed by atoms with Crippen molar-refractivity contribution in [1.29, 1.82) is 0 Å². The van der Waals surface area contributed by atoms with Crippen molar-refractivity contribution >= 4 is 29.5 Å². The summed E-state index contributed by atoms with van der Waals surface area (Å²) in [6, 6.07) is 1.63. The van der Waals surface area contributed by atoms with Crippen molar-refractivity contribution in [3.63, 3.8) is 0 Å². The maximum atomic E-state index is 12.0. The number of unbranched alkanes of at least 4 members (excludes halogenated alkanes) is 2. The Morgan fingerprint density at radius 1 is 1.32 bits per heavy atom. The zero-order valence-corrected chi connectivity index (χ0v) is 23.5. The molecule has 1 amide bonds. The lowest BCUT2D eigenvalue weighted by Gasteiger charge is -2.24. The number of amides is 1. The minimum atomic E-state index is -0.391. The molecular weight excluding hydrogens is 468 g/mol. The van der Waals surface area contributed by atoms with Crippen molar-refractivity contribution in [2.75, 3.05) is 20.2 Å². The van der Waals surface area contributed by atoms with Gasteiger partial charge >= 0.3 is 5.63 Å². The number of carbonyl (C=O) groups is 1. The molecule has 1 atom stereocenters. The van der Waals surface area contributed by atoms with Gasteiger partial charge in [0.15, 0.2) is 0 Å². The third kappa shape index (κ3) is 9.58. The van der Waals surface area contributed by atoms with Gasteiger partial charge in [-0.25, -0.2) is 4.79 Å². The van der Waals surface area contributed by atoms with Gasteiger partial charge in [0, 0.05) is 43.6 Å². The van der Waals surface area contributed by atoms with Crippen LogP contribution in [-0.4, -0.2) is 55.2 Å². The molecule has 1 unspecified atom stereocenters. The number of amidine groups is 1. The number of methoxy groups -OCH3 is 1. The molecule has 1 aliphatic heterocycles. The number of nitrogens with zero attached hydrogens (tertiary/aromatic N) is 3. The Hall–Kier alpha value is -2.74. The average molecular weight is 515 g/mol. The van der Waals surface area contributed by atoms with Crippen LogP contribution in [0.5, 0.6) is 0 Å². The fraction of sp³-hybridized carbons (Fsp3) is 0.655. The Kier molecular flexibility index (Phi) is 13.3. The number of hydrogen-bond donors (Lipinski definition) is 1. The van der Waals surface area contributed by atoms with E-state index >= 15 is 0 Å². The van der Waals surface area contributed by atoms with Gasteiger partial charge in [-0.2, -0.15) is 4.99 Å². The number of hydrogen-bond acceptors (Lipinski definition) is 7. The molecule has 1 saturated carbocycles. The quantitative estimate of drug-likeness (QED) is 0.208. The van der Waals surface area contributed by atoms with E-state index in [0.29, 0.717) is 43.0 Å². The van der Waals surface area contributed by atoms with Crippen LogP contribution in [0.3, 0.4) is 0 Å². The minimum Gasteiger partial charge on any atom is -0.403 e. The number of nitrogens with one attached hydrogen (secondary N) is 1. The van der Waals surface area contributed by atoms with Gasteiger partial charge in [0.2, 0.25) is 12.3 Å². The van der Waals surface area contributed by atoms with Crippen molar-refractivity contribution < 1.29 is 13.9 Å². The SMILES string of the molecule is C=C1NC(CN=C(CC)CC(C)N(C=O)CC)=Nc2oc(=O)cc(CCCCC)c21.COC1CCCC1. The van der Waals surface area contributed by atoms with Crippen molar-refractivity contribution in [2.24, 2.45) is 9.98 Å². The molecule has 8 nitrogen and oxygen atoms in total. The molecule has 2 heterocycles. The van der Waals surface area contributed by atoms with E-state index in [1.54, 1.807) is 18.1 Å². The van der Waals surface area contributed by atoms with E-state index in [9.17, 15) is 9.59 Å². The molecule has 1 N–H and O–H groups in total. The van der Waals surface area contributed by atoms with Gasteiger partial charge in [0.25, 0.3) is 0 Å². The molecule has 206 valence electrons. The Morgan fingerprint density at radius 2 is 2.05 bits per heavy atom. The molecule has 37 heavy (non-hydrogen) atoms. The number of fused-ring (bicyclic) bond motifs is 1. The molecular formula is C29H46N4O4. The predicted octanol–water partition coefficient (Wildman–Crippen LogP) is 5.66. The van der Waals surface area contributed by atoms with Crippen LogP contribution in [0.1, 0.15) is 96.6 Å². The van der Waals surface area contributed by atoms with Gasteiger partial charge < -0.3 is 19.4 Å². The van der Waals surface area contributed by atoms with Gasteiger partial charge in [-0.1, -0.05) is 46.1 Å². The lowest BCUT2D eigenvalue weighted by atomic mass is 10.0. The topological polar surface area (TPSA) is 96.5 Å². The summed E-state index contributed by atoms with van der Waals surface area (Å²) in [5, 5.41) is 3.22. The number of aliphatic imine (C=N–C) groups is 2. The van der Waals surface area contributed by atoms with Gasteiger partial charge in [-0.15, -0.1) is 0 Å². The highest BCUT2D eigenvalue weighted by molar-refractivity contribution is 5.99. The molecule has 8 heteroatoms. The molecule has 1 fully saturated rings. The fourth-order valence-electron chi connectivity index (χ4n) is 4.73. The Labute approximate surface area is 222 Å². The van der Waals surface area contributed by atoms with Crippen molar-refractivity contribution in [3.8, 4) is 0 Å². The molecule has 1 aromatic heterocycles. The summed E-state index contributed by atoms with van der Waals surface area (Å²) in [5.41, 5.74) is 3.02. The maximum Gasteiger partial charge on any atom is 0.337 e. The zero-order valence-electron chi connectivity index (χ0n) is 23.5. The van der Waals surface area contributed by atoms with Crippen LogP contribution in [-0.2, 0) is 16.0 Å². The Morgan fingerprint density at radius 3 is 2.62 bits per heavy atom. The van der Waals surface area contributed by atoms with Gasteiger partial charge in [-0.05, 0) is 51.5 Å². The normalized spacial score (nSPS) is 16.3. The summed E-state index contributed by atoms with van der Waals surface area (Å²) < 4.78 is 10.5. The van der Waals surface area contributed by atoms with Crippen LogP contribution in [0.4, 0.5) is 5.88 Å². The fourth-order valence-corrected chi connectivity index (χ4v) is 4.73. The molecule has 0 spiro atoms. The van der Waals surface area contributed by atoms with Gasteiger partial charge in [-0.3, -0.25) is 9.79 Å². The van der Waals surface area contributed by atoms with Crippen molar-refractivity contribution in [2.45, 2.75) is 104 Å². The van der Waals surface area contributed by atoms with Crippen LogP contribution in [0.2, 0.25) is 0 Å². The monoisotopic (exact) mass is 514 g/mol. The first-order valence-electron chi connectivity index (χ1n) is 13.8. The second kappa shape index (κ2) is 16.2. The van der Waals surface area contributed by atoms with Crippen LogP contribution in [0.15, 0.2) is 31.8 Å². The first kappa shape index (κ1) is 30.5. The number of rotatable bonds is 13. The highest BCUT2D eigenvalue weighted by Gasteiger charge is 2.22. The molecule has 0 bridgehead atoms. The molecule has 0 saturated heterocycles. The number of carbonyl (C=O) groups excluding carboxylic acids is 1. The molecule has 1 aromatic rings. The highest BCUT2D eigenvalue weighted by Crippen LogP contribution is 2.30. The average Bonchev–Trinajstić information content (AvgIpc) is 3.41. The second-order valence-electron chi connectivity index (χ2n) is 9.76. The van der Waals surface area contributed by atoms with E-state index < -0.39 is 5.63 Å². The predicted molar refractivity (Wildman–Crippen MR) is 152 cm³/mol. The van der Waals surface area contributed by atoms with E-state index in [0.717, 1.165) is 55.4 Å². The first-order valence-corrected chi connectivity index (χ1v) is 13.8. The van der Waals surface area contributed by atoms with Crippen LogP contribution >= 0.6 is 0 Å².